The topological polar surface area (TPSA) is 65.2 Å². The first kappa shape index (κ1) is 26.0. The summed E-state index contributed by atoms with van der Waals surface area (Å²) in [6.07, 6.45) is 7.71. The van der Waals surface area contributed by atoms with Crippen LogP contribution < -0.4 is 0 Å². The van der Waals surface area contributed by atoms with Crippen molar-refractivity contribution >= 4 is 12.4 Å². The molecule has 2 aromatic rings. The van der Waals surface area contributed by atoms with Crippen LogP contribution in [0, 0.1) is 13.8 Å². The Morgan fingerprint density at radius 2 is 1.09 bits per heavy atom. The number of aromatic hydroxyl groups is 2. The lowest BCUT2D eigenvalue weighted by Crippen LogP contribution is -2.21. The molecule has 2 N–H and O–H groups in total. The molecule has 1 aliphatic carbocycles. The van der Waals surface area contributed by atoms with Gasteiger partial charge in [0.2, 0.25) is 0 Å². The minimum Gasteiger partial charge on any atom is -0.507 e. The lowest BCUT2D eigenvalue weighted by molar-refractivity contribution is 0.397. The smallest absolute Gasteiger partial charge is 0.127 e. The molecule has 4 nitrogen and oxygen atoms in total. The highest BCUT2D eigenvalue weighted by Crippen LogP contribution is 2.32. The normalized spacial score (nSPS) is 19.9. The van der Waals surface area contributed by atoms with Gasteiger partial charge in [0, 0.05) is 23.6 Å². The van der Waals surface area contributed by atoms with Gasteiger partial charge in [-0.2, -0.15) is 0 Å². The zero-order chi connectivity index (χ0) is 25.3. The van der Waals surface area contributed by atoms with E-state index in [-0.39, 0.29) is 22.9 Å². The molecule has 0 aliphatic heterocycles. The number of hydrogen-bond acceptors (Lipinski definition) is 4. The van der Waals surface area contributed by atoms with Crippen molar-refractivity contribution < 1.29 is 10.2 Å². The highest BCUT2D eigenvalue weighted by atomic mass is 16.3. The highest BCUT2D eigenvalue weighted by molar-refractivity contribution is 5.85. The lowest BCUT2D eigenvalue weighted by atomic mass is 9.85. The first-order valence-corrected chi connectivity index (χ1v) is 12.5. The van der Waals surface area contributed by atoms with Crippen LogP contribution in [0.2, 0.25) is 0 Å². The maximum atomic E-state index is 10.6. The molecular weight excluding hydrogens is 420 g/mol. The van der Waals surface area contributed by atoms with Crippen LogP contribution in [0.5, 0.6) is 11.5 Å². The molecule has 1 saturated carbocycles. The molecule has 2 atom stereocenters. The molecule has 2 unspecified atom stereocenters. The molecule has 3 rings (SSSR count). The van der Waals surface area contributed by atoms with Crippen molar-refractivity contribution in [3.05, 3.63) is 57.6 Å². The minimum atomic E-state index is 0.0138. The Hall–Kier alpha value is -2.62. The molecule has 0 radical (unpaired) electrons. The van der Waals surface area contributed by atoms with E-state index in [2.05, 4.69) is 65.8 Å². The van der Waals surface area contributed by atoms with Gasteiger partial charge in [0.25, 0.3) is 0 Å². The van der Waals surface area contributed by atoms with Crippen molar-refractivity contribution in [2.75, 3.05) is 0 Å². The second kappa shape index (κ2) is 9.93. The maximum absolute atomic E-state index is 10.6. The third-order valence-corrected chi connectivity index (χ3v) is 6.86. The number of rotatable bonds is 4. The lowest BCUT2D eigenvalue weighted by Gasteiger charge is -2.24. The molecule has 184 valence electrons. The van der Waals surface area contributed by atoms with Gasteiger partial charge in [-0.1, -0.05) is 53.7 Å². The molecule has 1 fully saturated rings. The molecule has 0 amide bonds. The van der Waals surface area contributed by atoms with E-state index in [1.165, 1.54) is 11.1 Å². The van der Waals surface area contributed by atoms with Crippen LogP contribution in [0.4, 0.5) is 0 Å². The van der Waals surface area contributed by atoms with Crippen LogP contribution in [0.3, 0.4) is 0 Å². The van der Waals surface area contributed by atoms with Gasteiger partial charge in [-0.25, -0.2) is 0 Å². The summed E-state index contributed by atoms with van der Waals surface area (Å²) >= 11 is 0. The summed E-state index contributed by atoms with van der Waals surface area (Å²) < 4.78 is 0. The average Bonchev–Trinajstić information content (AvgIpc) is 2.74. The van der Waals surface area contributed by atoms with E-state index >= 15 is 0 Å². The summed E-state index contributed by atoms with van der Waals surface area (Å²) in [5.41, 5.74) is 5.76. The van der Waals surface area contributed by atoms with Gasteiger partial charge in [-0.05, 0) is 84.7 Å². The van der Waals surface area contributed by atoms with Crippen LogP contribution in [0.25, 0.3) is 0 Å². The van der Waals surface area contributed by atoms with Gasteiger partial charge in [0.1, 0.15) is 11.5 Å². The van der Waals surface area contributed by atoms with E-state index in [0.29, 0.717) is 11.5 Å². The summed E-state index contributed by atoms with van der Waals surface area (Å²) in [7, 11) is 0. The van der Waals surface area contributed by atoms with Crippen molar-refractivity contribution in [3.63, 3.8) is 0 Å². The standard InChI is InChI=1S/C30H42N2O2/c1-19-12-23(29(3,4)5)14-21(27(19)33)17-31-25-10-9-11-26(16-25)32-18-22-15-24(30(6,7)8)13-20(2)28(22)34/h12-15,17-18,25-26,33-34H,9-11,16H2,1-8H3. The molecule has 0 aromatic heterocycles. The van der Waals surface area contributed by atoms with Crippen molar-refractivity contribution in [3.8, 4) is 11.5 Å². The Kier molecular flexibility index (Phi) is 7.59. The summed E-state index contributed by atoms with van der Waals surface area (Å²) in [4.78, 5) is 9.71. The van der Waals surface area contributed by atoms with E-state index < -0.39 is 0 Å². The van der Waals surface area contributed by atoms with Crippen LogP contribution in [-0.2, 0) is 10.8 Å². The number of aryl methyl sites for hydroxylation is 2. The van der Waals surface area contributed by atoms with Gasteiger partial charge >= 0.3 is 0 Å². The van der Waals surface area contributed by atoms with Crippen LogP contribution in [0.15, 0.2) is 34.3 Å². The van der Waals surface area contributed by atoms with Gasteiger partial charge in [-0.3, -0.25) is 9.98 Å². The van der Waals surface area contributed by atoms with Crippen molar-refractivity contribution in [2.45, 2.75) is 104 Å². The van der Waals surface area contributed by atoms with Gasteiger partial charge < -0.3 is 10.2 Å². The Balaban J connectivity index is 1.76. The zero-order valence-electron chi connectivity index (χ0n) is 22.2. The van der Waals surface area contributed by atoms with E-state index in [9.17, 15) is 10.2 Å². The van der Waals surface area contributed by atoms with Gasteiger partial charge in [0.15, 0.2) is 0 Å². The second-order valence-corrected chi connectivity index (χ2v) is 12.0. The van der Waals surface area contributed by atoms with E-state index in [0.717, 1.165) is 47.9 Å². The van der Waals surface area contributed by atoms with Gasteiger partial charge in [0.05, 0.1) is 12.1 Å². The predicted molar refractivity (Wildman–Crippen MR) is 144 cm³/mol. The summed E-state index contributed by atoms with van der Waals surface area (Å²) in [6, 6.07) is 8.60. The molecule has 0 spiro atoms. The predicted octanol–water partition coefficient (Wildman–Crippen LogP) is 7.16. The van der Waals surface area contributed by atoms with Gasteiger partial charge in [-0.15, -0.1) is 0 Å². The number of hydrogen-bond donors (Lipinski definition) is 2. The van der Waals surface area contributed by atoms with E-state index in [4.69, 9.17) is 9.98 Å². The molecule has 0 heterocycles. The minimum absolute atomic E-state index is 0.0138. The first-order valence-electron chi connectivity index (χ1n) is 12.5. The van der Waals surface area contributed by atoms with Crippen molar-refractivity contribution in [1.82, 2.24) is 0 Å². The Morgan fingerprint density at radius 3 is 1.44 bits per heavy atom. The Morgan fingerprint density at radius 1 is 0.706 bits per heavy atom. The van der Waals surface area contributed by atoms with Crippen molar-refractivity contribution in [2.24, 2.45) is 9.98 Å². The largest absolute Gasteiger partial charge is 0.507 e. The third kappa shape index (κ3) is 6.28. The summed E-state index contributed by atoms with van der Waals surface area (Å²) in [6.45, 7) is 17.0. The SMILES string of the molecule is Cc1cc(C(C)(C)C)cc(C=NC2CCCC(N=Cc3cc(C(C)(C)C)cc(C)c3O)C2)c1O. The molecule has 1 aliphatic rings. The number of benzene rings is 2. The summed E-state index contributed by atoms with van der Waals surface area (Å²) in [5, 5.41) is 21.1. The fourth-order valence-corrected chi connectivity index (χ4v) is 4.46. The molecule has 4 heteroatoms. The molecule has 34 heavy (non-hydrogen) atoms. The van der Waals surface area contributed by atoms with Crippen molar-refractivity contribution in [1.29, 1.82) is 0 Å². The zero-order valence-corrected chi connectivity index (χ0v) is 22.2. The monoisotopic (exact) mass is 462 g/mol. The average molecular weight is 463 g/mol. The second-order valence-electron chi connectivity index (χ2n) is 12.0. The van der Waals surface area contributed by atoms with E-state index in [1.807, 2.05) is 26.3 Å². The Bertz CT molecular complexity index is 999. The number of phenols is 2. The van der Waals surface area contributed by atoms with Crippen LogP contribution in [-0.4, -0.2) is 34.7 Å². The highest BCUT2D eigenvalue weighted by Gasteiger charge is 2.22. The summed E-state index contributed by atoms with van der Waals surface area (Å²) in [5.74, 6) is 0.624. The molecular formula is C30H42N2O2. The maximum Gasteiger partial charge on any atom is 0.127 e. The molecule has 0 bridgehead atoms. The third-order valence-electron chi connectivity index (χ3n) is 6.86. The quantitative estimate of drug-likeness (QED) is 0.473. The molecule has 2 aromatic carbocycles. The van der Waals surface area contributed by atoms with Crippen LogP contribution in [0.1, 0.15) is 101 Å². The number of nitrogens with zero attached hydrogens (tertiary/aromatic N) is 2. The van der Waals surface area contributed by atoms with Crippen LogP contribution >= 0.6 is 0 Å². The van der Waals surface area contributed by atoms with E-state index in [1.54, 1.807) is 0 Å². The fourth-order valence-electron chi connectivity index (χ4n) is 4.46. The number of phenolic OH excluding ortho intramolecular Hbond substituents is 2. The molecule has 0 saturated heterocycles. The Labute approximate surface area is 205 Å². The number of aliphatic imine (C=N–C) groups is 2. The first-order chi connectivity index (χ1) is 15.8. The fraction of sp³-hybridized carbons (Fsp3) is 0.533.